The maximum Gasteiger partial charge on any atom is 0.331 e. The Balaban J connectivity index is 1.39. The summed E-state index contributed by atoms with van der Waals surface area (Å²) < 4.78 is 12.7. The first-order valence-corrected chi connectivity index (χ1v) is 10.7. The molecule has 9 nitrogen and oxygen atoms in total. The van der Waals surface area contributed by atoms with Gasteiger partial charge in [-0.1, -0.05) is 36.4 Å². The molecule has 0 bridgehead atoms. The molecule has 9 heteroatoms. The van der Waals surface area contributed by atoms with Gasteiger partial charge in [-0.3, -0.25) is 9.69 Å². The van der Waals surface area contributed by atoms with Crippen LogP contribution in [0.2, 0.25) is 0 Å². The summed E-state index contributed by atoms with van der Waals surface area (Å²) in [4.78, 5) is 36.9. The molecule has 3 amide bonds. The van der Waals surface area contributed by atoms with Gasteiger partial charge in [0.15, 0.2) is 12.4 Å². The summed E-state index contributed by atoms with van der Waals surface area (Å²) in [6, 6.07) is 18.6. The molecule has 2 aromatic heterocycles. The number of para-hydroxylation sites is 2. The monoisotopic (exact) mass is 456 g/mol. The van der Waals surface area contributed by atoms with Crippen LogP contribution in [0.5, 0.6) is 0 Å². The van der Waals surface area contributed by atoms with E-state index in [2.05, 4.69) is 10.4 Å². The van der Waals surface area contributed by atoms with Gasteiger partial charge in [0.25, 0.3) is 5.91 Å². The van der Waals surface area contributed by atoms with Crippen LogP contribution < -0.4 is 5.32 Å². The van der Waals surface area contributed by atoms with E-state index in [1.807, 2.05) is 60.7 Å². The van der Waals surface area contributed by atoms with E-state index in [0.717, 1.165) is 21.6 Å². The molecule has 0 spiro atoms. The number of furan rings is 1. The van der Waals surface area contributed by atoms with E-state index in [1.165, 1.54) is 6.08 Å². The molecule has 2 aromatic carbocycles. The second kappa shape index (κ2) is 9.07. The molecule has 1 N–H and O–H groups in total. The van der Waals surface area contributed by atoms with Crippen molar-refractivity contribution in [1.29, 1.82) is 0 Å². The predicted octanol–water partition coefficient (Wildman–Crippen LogP) is 3.39. The zero-order chi connectivity index (χ0) is 23.5. The molecule has 0 saturated carbocycles. The van der Waals surface area contributed by atoms with Crippen LogP contribution in [0.25, 0.3) is 34.2 Å². The molecule has 0 unspecified atom stereocenters. The van der Waals surface area contributed by atoms with Crippen LogP contribution in [0.3, 0.4) is 0 Å². The molecule has 1 fully saturated rings. The fraction of sp³-hybridized carbons (Fsp3) is 0.120. The molecule has 3 heterocycles. The third-order valence-corrected chi connectivity index (χ3v) is 5.32. The van der Waals surface area contributed by atoms with Gasteiger partial charge in [-0.2, -0.15) is 5.10 Å². The number of hydrogen-bond donors (Lipinski definition) is 1. The first kappa shape index (κ1) is 21.2. The molecule has 0 atom stereocenters. The molecular weight excluding hydrogens is 436 g/mol. The number of rotatable bonds is 6. The Bertz CT molecular complexity index is 1370. The first-order chi connectivity index (χ1) is 16.6. The third-order valence-electron chi connectivity index (χ3n) is 5.32. The van der Waals surface area contributed by atoms with E-state index >= 15 is 0 Å². The number of benzene rings is 2. The number of nitrogens with zero attached hydrogens (tertiary/aromatic N) is 3. The number of ether oxygens (including phenoxy) is 1. The molecule has 0 aliphatic carbocycles. The quantitative estimate of drug-likeness (QED) is 0.352. The smallest absolute Gasteiger partial charge is 0.331 e. The highest BCUT2D eigenvalue weighted by Gasteiger charge is 2.26. The van der Waals surface area contributed by atoms with Crippen molar-refractivity contribution in [3.05, 3.63) is 78.5 Å². The van der Waals surface area contributed by atoms with Gasteiger partial charge in [0.05, 0.1) is 5.69 Å². The molecule has 170 valence electrons. The Labute approximate surface area is 194 Å². The minimum Gasteiger partial charge on any atom is -0.454 e. The van der Waals surface area contributed by atoms with E-state index < -0.39 is 24.5 Å². The van der Waals surface area contributed by atoms with Crippen molar-refractivity contribution in [3.8, 4) is 17.1 Å². The second-order valence-corrected chi connectivity index (χ2v) is 7.58. The van der Waals surface area contributed by atoms with E-state index in [1.54, 1.807) is 17.0 Å². The molecule has 5 rings (SSSR count). The number of carbonyl (C=O) groups excluding carboxylic acids is 3. The maximum atomic E-state index is 12.3. The summed E-state index contributed by atoms with van der Waals surface area (Å²) in [5.74, 6) is -0.730. The SMILES string of the molecule is O=C(C=Cc1cn(-c2ccccc2)nc1-c1cc2ccccc2o1)OCC(=O)N1CCNC1=O. The van der Waals surface area contributed by atoms with Crippen LogP contribution in [0.4, 0.5) is 4.79 Å². The Morgan fingerprint density at radius 3 is 2.68 bits per heavy atom. The number of fused-ring (bicyclic) bond motifs is 1. The lowest BCUT2D eigenvalue weighted by atomic mass is 10.2. The van der Waals surface area contributed by atoms with E-state index in [9.17, 15) is 14.4 Å². The largest absolute Gasteiger partial charge is 0.454 e. The summed E-state index contributed by atoms with van der Waals surface area (Å²) in [6.07, 6.45) is 4.56. The van der Waals surface area contributed by atoms with Gasteiger partial charge in [-0.25, -0.2) is 14.3 Å². The molecular formula is C25H20N4O5. The van der Waals surface area contributed by atoms with Gasteiger partial charge < -0.3 is 14.5 Å². The highest BCUT2D eigenvalue weighted by molar-refractivity contribution is 5.98. The van der Waals surface area contributed by atoms with Crippen LogP contribution in [-0.2, 0) is 14.3 Å². The summed E-state index contributed by atoms with van der Waals surface area (Å²) >= 11 is 0. The lowest BCUT2D eigenvalue weighted by molar-refractivity contribution is -0.146. The number of hydrogen-bond acceptors (Lipinski definition) is 6. The molecule has 4 aromatic rings. The van der Waals surface area contributed by atoms with Gasteiger partial charge in [-0.05, 0) is 30.3 Å². The van der Waals surface area contributed by atoms with Crippen LogP contribution in [0.1, 0.15) is 5.56 Å². The van der Waals surface area contributed by atoms with E-state index in [0.29, 0.717) is 23.6 Å². The minimum atomic E-state index is -0.712. The van der Waals surface area contributed by atoms with Crippen LogP contribution in [0.15, 0.2) is 77.4 Å². The number of amides is 3. The van der Waals surface area contributed by atoms with Crippen molar-refractivity contribution in [2.24, 2.45) is 0 Å². The Kier molecular flexibility index (Phi) is 5.65. The summed E-state index contributed by atoms with van der Waals surface area (Å²) in [5, 5.41) is 8.13. The number of carbonyl (C=O) groups is 3. The minimum absolute atomic E-state index is 0.255. The molecule has 1 aliphatic rings. The van der Waals surface area contributed by atoms with Crippen molar-refractivity contribution >= 4 is 35.0 Å². The maximum absolute atomic E-state index is 12.3. The van der Waals surface area contributed by atoms with Crippen LogP contribution in [-0.4, -0.2) is 52.3 Å². The Hall–Kier alpha value is -4.66. The van der Waals surface area contributed by atoms with Gasteiger partial charge in [-0.15, -0.1) is 0 Å². The lowest BCUT2D eigenvalue weighted by Crippen LogP contribution is -2.37. The van der Waals surface area contributed by atoms with Crippen molar-refractivity contribution in [2.75, 3.05) is 19.7 Å². The van der Waals surface area contributed by atoms with E-state index in [4.69, 9.17) is 9.15 Å². The standard InChI is InChI=1S/C25H20N4O5/c30-22(28-13-12-26-25(28)32)16-33-23(31)11-10-18-15-29(19-7-2-1-3-8-19)27-24(18)21-14-17-6-4-5-9-20(17)34-21/h1-11,14-15H,12-13,16H2,(H,26,32). The highest BCUT2D eigenvalue weighted by Crippen LogP contribution is 2.30. The Morgan fingerprint density at radius 2 is 1.91 bits per heavy atom. The second-order valence-electron chi connectivity index (χ2n) is 7.58. The van der Waals surface area contributed by atoms with Crippen molar-refractivity contribution in [1.82, 2.24) is 20.0 Å². The third kappa shape index (κ3) is 4.31. The highest BCUT2D eigenvalue weighted by atomic mass is 16.5. The van der Waals surface area contributed by atoms with E-state index in [-0.39, 0.29) is 6.54 Å². The Morgan fingerprint density at radius 1 is 1.12 bits per heavy atom. The summed E-state index contributed by atoms with van der Waals surface area (Å²) in [6.45, 7) is 0.120. The van der Waals surface area contributed by atoms with Gasteiger partial charge in [0.2, 0.25) is 0 Å². The fourth-order valence-electron chi connectivity index (χ4n) is 3.64. The van der Waals surface area contributed by atoms with Crippen molar-refractivity contribution in [3.63, 3.8) is 0 Å². The molecule has 0 radical (unpaired) electrons. The number of nitrogens with one attached hydrogen (secondary N) is 1. The lowest BCUT2D eigenvalue weighted by Gasteiger charge is -2.11. The van der Waals surface area contributed by atoms with Crippen molar-refractivity contribution in [2.45, 2.75) is 0 Å². The van der Waals surface area contributed by atoms with Gasteiger partial charge >= 0.3 is 12.0 Å². The van der Waals surface area contributed by atoms with Crippen molar-refractivity contribution < 1.29 is 23.5 Å². The predicted molar refractivity (Wildman–Crippen MR) is 124 cm³/mol. The zero-order valence-electron chi connectivity index (χ0n) is 18.0. The average molecular weight is 456 g/mol. The number of esters is 1. The number of aromatic nitrogens is 2. The van der Waals surface area contributed by atoms with Crippen LogP contribution >= 0.6 is 0 Å². The summed E-state index contributed by atoms with van der Waals surface area (Å²) in [7, 11) is 0. The van der Waals surface area contributed by atoms with Gasteiger partial charge in [0, 0.05) is 36.3 Å². The van der Waals surface area contributed by atoms with Gasteiger partial charge in [0.1, 0.15) is 11.3 Å². The average Bonchev–Trinajstić information content (AvgIpc) is 3.59. The normalized spacial score (nSPS) is 13.5. The molecule has 1 saturated heterocycles. The van der Waals surface area contributed by atoms with Crippen LogP contribution in [0, 0.1) is 0 Å². The fourth-order valence-corrected chi connectivity index (χ4v) is 3.64. The first-order valence-electron chi connectivity index (χ1n) is 10.7. The zero-order valence-corrected chi connectivity index (χ0v) is 18.0. The molecule has 34 heavy (non-hydrogen) atoms. The molecule has 1 aliphatic heterocycles. The summed E-state index contributed by atoms with van der Waals surface area (Å²) in [5.41, 5.74) is 2.75. The topological polar surface area (TPSA) is 107 Å². The number of imide groups is 1. The number of urea groups is 1.